The van der Waals surface area contributed by atoms with Gasteiger partial charge in [0.15, 0.2) is 0 Å². The number of rotatable bonds is 6. The fourth-order valence-corrected chi connectivity index (χ4v) is 12.0. The lowest BCUT2D eigenvalue weighted by Crippen LogP contribution is -2.10. The van der Waals surface area contributed by atoms with Gasteiger partial charge in [0.25, 0.3) is 0 Å². The van der Waals surface area contributed by atoms with Crippen molar-refractivity contribution in [1.29, 1.82) is 0 Å². The molecule has 15 rings (SSSR count). The number of fused-ring (bicyclic) bond motifs is 6. The van der Waals surface area contributed by atoms with Crippen molar-refractivity contribution in [2.45, 2.75) is 0 Å². The summed E-state index contributed by atoms with van der Waals surface area (Å²) in [6.45, 7) is 0. The molecule has 14 aromatic carbocycles. The van der Waals surface area contributed by atoms with Crippen LogP contribution in [0.15, 0.2) is 255 Å². The quantitative estimate of drug-likeness (QED) is 0.151. The summed E-state index contributed by atoms with van der Waals surface area (Å²) in [4.78, 5) is 2.46. The second-order valence-electron chi connectivity index (χ2n) is 18.8. The van der Waals surface area contributed by atoms with E-state index in [0.717, 1.165) is 22.7 Å². The van der Waals surface area contributed by atoms with E-state index in [4.69, 9.17) is 0 Å². The molecule has 15 aromatic rings. The van der Waals surface area contributed by atoms with Crippen molar-refractivity contribution in [3.8, 4) is 27.9 Å². The first-order valence-corrected chi connectivity index (χ1v) is 24.2. The Balaban J connectivity index is 0.975. The molecule has 0 N–H and O–H groups in total. The lowest BCUT2D eigenvalue weighted by molar-refractivity contribution is 1.18. The first-order valence-electron chi connectivity index (χ1n) is 24.2. The van der Waals surface area contributed by atoms with E-state index in [0.29, 0.717) is 0 Å². The van der Waals surface area contributed by atoms with Crippen molar-refractivity contribution in [3.63, 3.8) is 0 Å². The number of para-hydroxylation sites is 2. The van der Waals surface area contributed by atoms with Gasteiger partial charge in [-0.25, -0.2) is 0 Å². The van der Waals surface area contributed by atoms with Gasteiger partial charge in [0.05, 0.1) is 11.0 Å². The molecular formula is C68H42N2. The second kappa shape index (κ2) is 15.1. The number of benzene rings is 13. The van der Waals surface area contributed by atoms with Gasteiger partial charge in [-0.1, -0.05) is 194 Å². The van der Waals surface area contributed by atoms with Crippen LogP contribution in [0, 0.1) is 0 Å². The molecule has 2 heteroatoms. The van der Waals surface area contributed by atoms with Gasteiger partial charge < -0.3 is 9.47 Å². The lowest BCUT2D eigenvalue weighted by atomic mass is 9.87. The maximum atomic E-state index is 2.46. The number of nitrogens with zero attached hydrogens (tertiary/aromatic N) is 2. The molecule has 2 nitrogen and oxygen atoms in total. The van der Waals surface area contributed by atoms with Gasteiger partial charge in [0.1, 0.15) is 0 Å². The van der Waals surface area contributed by atoms with Gasteiger partial charge in [0, 0.05) is 33.5 Å². The number of aromatic nitrogens is 1. The van der Waals surface area contributed by atoms with Crippen LogP contribution in [0.3, 0.4) is 0 Å². The van der Waals surface area contributed by atoms with Crippen LogP contribution in [0.2, 0.25) is 0 Å². The highest BCUT2D eigenvalue weighted by molar-refractivity contribution is 6.37. The highest BCUT2D eigenvalue weighted by atomic mass is 15.1. The lowest BCUT2D eigenvalue weighted by Gasteiger charge is -2.27. The first-order chi connectivity index (χ1) is 34.7. The Kier molecular flexibility index (Phi) is 8.39. The fraction of sp³-hybridized carbons (Fsp3) is 0. The van der Waals surface area contributed by atoms with Crippen LogP contribution in [-0.2, 0) is 0 Å². The standard InChI is InChI=1S/C68H42N2/c1-2-18-50(19-3-1)70-62-27-7-6-21-60(62)68-56(23-12-28-63(68)70)45-35-39-52(40-36-45)69(51-37-33-44(34-38-51)55-22-8-14-43-13-4-5-20-54(43)55)53-41-49-32-31-48-16-10-25-58-57-24-9-15-46-29-30-47-17-11-26-59(66(47)64(46)57)61(42-53)67(49)65(48)58/h1-42H. The summed E-state index contributed by atoms with van der Waals surface area (Å²) in [7, 11) is 0. The molecule has 70 heavy (non-hydrogen) atoms. The molecule has 0 atom stereocenters. The molecule has 1 heterocycles. The van der Waals surface area contributed by atoms with E-state index in [2.05, 4.69) is 264 Å². The minimum atomic E-state index is 1.09. The van der Waals surface area contributed by atoms with Crippen LogP contribution < -0.4 is 4.90 Å². The van der Waals surface area contributed by atoms with Gasteiger partial charge in [-0.2, -0.15) is 0 Å². The SMILES string of the molecule is c1ccc(-n2c3ccccc3c3c(-c4ccc(N(c5ccc(-c6cccc7ccccc67)cc5)c5cc6ccc7cccc8c9cccc%10ccc%11cccc(c(c5)c6c78)c%11c%109)cc4)cccc32)cc1. The molecule has 0 radical (unpaired) electrons. The zero-order chi connectivity index (χ0) is 45.9. The molecule has 0 spiro atoms. The molecule has 0 fully saturated rings. The fourth-order valence-electron chi connectivity index (χ4n) is 12.0. The van der Waals surface area contributed by atoms with Crippen molar-refractivity contribution in [1.82, 2.24) is 4.57 Å². The van der Waals surface area contributed by atoms with E-state index in [1.807, 2.05) is 0 Å². The smallest absolute Gasteiger partial charge is 0.0547 e. The minimum Gasteiger partial charge on any atom is -0.310 e. The van der Waals surface area contributed by atoms with Crippen LogP contribution >= 0.6 is 0 Å². The van der Waals surface area contributed by atoms with E-state index in [1.54, 1.807) is 0 Å². The summed E-state index contributed by atoms with van der Waals surface area (Å²) >= 11 is 0. The Morgan fingerprint density at radius 2 is 0.700 bits per heavy atom. The van der Waals surface area contributed by atoms with E-state index in [9.17, 15) is 0 Å². The normalized spacial score (nSPS) is 12.0. The van der Waals surface area contributed by atoms with Crippen molar-refractivity contribution >= 4 is 114 Å². The van der Waals surface area contributed by atoms with Crippen LogP contribution in [0.25, 0.3) is 125 Å². The van der Waals surface area contributed by atoms with Gasteiger partial charge in [0.2, 0.25) is 0 Å². The summed E-state index contributed by atoms with van der Waals surface area (Å²) in [6.07, 6.45) is 0. The van der Waals surface area contributed by atoms with Crippen LogP contribution in [0.1, 0.15) is 0 Å². The highest BCUT2D eigenvalue weighted by Crippen LogP contribution is 2.47. The summed E-state index contributed by atoms with van der Waals surface area (Å²) in [6, 6.07) is 94.6. The predicted molar refractivity (Wildman–Crippen MR) is 300 cm³/mol. The van der Waals surface area contributed by atoms with E-state index < -0.39 is 0 Å². The maximum Gasteiger partial charge on any atom is 0.0547 e. The number of hydrogen-bond donors (Lipinski definition) is 0. The zero-order valence-corrected chi connectivity index (χ0v) is 38.1. The molecule has 0 amide bonds. The van der Waals surface area contributed by atoms with Gasteiger partial charge in [-0.05, 0) is 158 Å². The van der Waals surface area contributed by atoms with Gasteiger partial charge >= 0.3 is 0 Å². The predicted octanol–water partition coefficient (Wildman–Crippen LogP) is 19.1. The van der Waals surface area contributed by atoms with E-state index in [-0.39, 0.29) is 0 Å². The molecule has 0 bridgehead atoms. The Labute approximate surface area is 404 Å². The Morgan fingerprint density at radius 3 is 1.37 bits per heavy atom. The highest BCUT2D eigenvalue weighted by Gasteiger charge is 2.21. The van der Waals surface area contributed by atoms with Gasteiger partial charge in [-0.3, -0.25) is 0 Å². The third kappa shape index (κ3) is 5.74. The minimum absolute atomic E-state index is 1.09. The Hall–Kier alpha value is -9.24. The topological polar surface area (TPSA) is 8.17 Å². The number of hydrogen-bond acceptors (Lipinski definition) is 1. The van der Waals surface area contributed by atoms with Crippen LogP contribution in [0.4, 0.5) is 17.1 Å². The van der Waals surface area contributed by atoms with Gasteiger partial charge in [-0.15, -0.1) is 0 Å². The molecule has 0 aliphatic carbocycles. The molecule has 0 unspecified atom stereocenters. The van der Waals surface area contributed by atoms with E-state index in [1.165, 1.54) is 119 Å². The van der Waals surface area contributed by atoms with E-state index >= 15 is 0 Å². The summed E-state index contributed by atoms with van der Waals surface area (Å²) in [5.74, 6) is 0. The molecule has 0 aliphatic rings. The first kappa shape index (κ1) is 38.8. The second-order valence-corrected chi connectivity index (χ2v) is 18.8. The molecule has 324 valence electrons. The number of anilines is 3. The van der Waals surface area contributed by atoms with Crippen molar-refractivity contribution in [3.05, 3.63) is 255 Å². The third-order valence-corrected chi connectivity index (χ3v) is 15.0. The Morgan fingerprint density at radius 1 is 0.243 bits per heavy atom. The summed E-state index contributed by atoms with van der Waals surface area (Å²) in [5, 5.41) is 20.3. The third-order valence-electron chi connectivity index (χ3n) is 15.0. The summed E-state index contributed by atoms with van der Waals surface area (Å²) in [5.41, 5.74) is 11.7. The molecule has 1 aromatic heterocycles. The summed E-state index contributed by atoms with van der Waals surface area (Å²) < 4.78 is 2.40. The van der Waals surface area contributed by atoms with Crippen LogP contribution in [-0.4, -0.2) is 4.57 Å². The largest absolute Gasteiger partial charge is 0.310 e. The molecule has 0 saturated carbocycles. The monoisotopic (exact) mass is 886 g/mol. The molecular weight excluding hydrogens is 845 g/mol. The maximum absolute atomic E-state index is 2.46. The Bertz CT molecular complexity index is 4550. The molecule has 0 saturated heterocycles. The van der Waals surface area contributed by atoms with Crippen LogP contribution in [0.5, 0.6) is 0 Å². The zero-order valence-electron chi connectivity index (χ0n) is 38.1. The average Bonchev–Trinajstić information content (AvgIpc) is 3.77. The van der Waals surface area contributed by atoms with Crippen molar-refractivity contribution < 1.29 is 0 Å². The van der Waals surface area contributed by atoms with Crippen molar-refractivity contribution in [2.24, 2.45) is 0 Å². The van der Waals surface area contributed by atoms with Crippen molar-refractivity contribution in [2.75, 3.05) is 4.90 Å². The average molecular weight is 887 g/mol. The molecule has 0 aliphatic heterocycles.